The van der Waals surface area contributed by atoms with Gasteiger partial charge in [0.1, 0.15) is 0 Å². The standard InChI is InChI=1S/2ClH.Fe.2Li.S/h2*1H;;;;/q;;+2;;;/p-2. The zero-order valence-electron chi connectivity index (χ0n) is 3.52. The van der Waals surface area contributed by atoms with Gasteiger partial charge in [-0.15, -0.1) is 0 Å². The van der Waals surface area contributed by atoms with E-state index in [1.807, 2.05) is 0 Å². The molecule has 6 heteroatoms. The first-order chi connectivity index (χ1) is 1.73. The first-order valence-electron chi connectivity index (χ1n) is 0.412. The van der Waals surface area contributed by atoms with Crippen molar-refractivity contribution in [2.75, 3.05) is 0 Å². The molecular weight excluding hydrogens is 173 g/mol. The Morgan fingerprint density at radius 1 is 1.17 bits per heavy atom. The Balaban J connectivity index is -0.0000000450. The summed E-state index contributed by atoms with van der Waals surface area (Å²) in [4.78, 5) is 0. The van der Waals surface area contributed by atoms with E-state index in [1.165, 1.54) is 0 Å². The van der Waals surface area contributed by atoms with Gasteiger partial charge in [-0.3, -0.25) is 0 Å². The summed E-state index contributed by atoms with van der Waals surface area (Å²) in [5.41, 5.74) is 0. The second-order valence-corrected chi connectivity index (χ2v) is 5.92. The molecule has 2 radical (unpaired) electrons. The molecule has 6 heavy (non-hydrogen) atoms. The van der Waals surface area contributed by atoms with E-state index in [0.29, 0.717) is 0 Å². The summed E-state index contributed by atoms with van der Waals surface area (Å²) < 4.78 is 0. The van der Waals surface area contributed by atoms with Gasteiger partial charge in [0.15, 0.2) is 0 Å². The van der Waals surface area contributed by atoms with Crippen molar-refractivity contribution < 1.29 is 10.4 Å². The summed E-state index contributed by atoms with van der Waals surface area (Å²) in [5, 5.41) is 0. The van der Waals surface area contributed by atoms with E-state index in [-0.39, 0.29) is 37.7 Å². The van der Waals surface area contributed by atoms with Crippen molar-refractivity contribution in [3.05, 3.63) is 0 Å². The van der Waals surface area contributed by atoms with Gasteiger partial charge >= 0.3 is 41.2 Å². The average molecular weight is 173 g/mol. The summed E-state index contributed by atoms with van der Waals surface area (Å²) in [6.45, 7) is 0. The fraction of sp³-hybridized carbons (Fsp3) is 0. The van der Waals surface area contributed by atoms with Crippen molar-refractivity contribution in [2.24, 2.45) is 0 Å². The quantitative estimate of drug-likeness (QED) is 0.496. The van der Waals surface area contributed by atoms with Crippen LogP contribution < -0.4 is 0 Å². The van der Waals surface area contributed by atoms with Gasteiger partial charge < -0.3 is 0 Å². The van der Waals surface area contributed by atoms with Gasteiger partial charge in [-0.1, -0.05) is 0 Å². The third kappa shape index (κ3) is 31.3. The molecule has 0 nitrogen and oxygen atoms in total. The molecule has 0 rings (SSSR count). The fourth-order valence-corrected chi connectivity index (χ4v) is 0. The number of hydrogen-bond donors (Lipinski definition) is 0. The Morgan fingerprint density at radius 2 is 1.17 bits per heavy atom. The van der Waals surface area contributed by atoms with Gasteiger partial charge in [0, 0.05) is 37.7 Å². The van der Waals surface area contributed by atoms with E-state index < -0.39 is 10.4 Å². The molecule has 0 saturated heterocycles. The van der Waals surface area contributed by atoms with Crippen LogP contribution in [0.1, 0.15) is 0 Å². The van der Waals surface area contributed by atoms with E-state index in [0.717, 1.165) is 0 Å². The summed E-state index contributed by atoms with van der Waals surface area (Å²) in [6, 6.07) is 0. The van der Waals surface area contributed by atoms with Crippen molar-refractivity contribution in [1.29, 1.82) is 0 Å². The van der Waals surface area contributed by atoms with Crippen molar-refractivity contribution in [2.45, 2.75) is 0 Å². The van der Waals surface area contributed by atoms with Gasteiger partial charge in [0.05, 0.1) is 0 Å². The zero-order chi connectivity index (χ0) is 3.58. The second kappa shape index (κ2) is 10.5. The predicted octanol–water partition coefficient (Wildman–Crippen LogP) is 1.26. The molecule has 0 amide bonds. The molecule has 0 aliphatic heterocycles. The van der Waals surface area contributed by atoms with Crippen LogP contribution in [0.4, 0.5) is 0 Å². The minimum atomic E-state index is -1.22. The molecule has 0 saturated carbocycles. The maximum absolute atomic E-state index is 4.94. The van der Waals surface area contributed by atoms with Crippen molar-refractivity contribution in [1.82, 2.24) is 0 Å². The van der Waals surface area contributed by atoms with Crippen LogP contribution in [0.15, 0.2) is 0 Å². The Labute approximate surface area is 77.9 Å². The maximum atomic E-state index is 4.94. The Bertz CT molecular complexity index is 34.5. The van der Waals surface area contributed by atoms with E-state index in [1.54, 1.807) is 0 Å². The van der Waals surface area contributed by atoms with E-state index in [9.17, 15) is 0 Å². The molecule has 0 heterocycles. The molecule has 0 spiro atoms. The van der Waals surface area contributed by atoms with Crippen LogP contribution in [-0.4, -0.2) is 37.7 Å². The predicted molar refractivity (Wildman–Crippen MR) is 30.8 cm³/mol. The summed E-state index contributed by atoms with van der Waals surface area (Å²) in [5.74, 6) is 0. The monoisotopic (exact) mass is 172 g/mol. The summed E-state index contributed by atoms with van der Waals surface area (Å²) in [7, 11) is 12.9. The van der Waals surface area contributed by atoms with Gasteiger partial charge in [0.2, 0.25) is 0 Å². The SMILES string of the molecule is [Li].[Li].[S]=[Fe]([Cl])[Cl]. The van der Waals surface area contributed by atoms with Crippen LogP contribution in [0.2, 0.25) is 0 Å². The molecule has 0 aliphatic carbocycles. The first-order valence-corrected chi connectivity index (χ1v) is 5.09. The molecule has 30 valence electrons. The van der Waals surface area contributed by atoms with Crippen molar-refractivity contribution in [3.8, 4) is 0 Å². The van der Waals surface area contributed by atoms with E-state index in [4.69, 9.17) is 20.2 Å². The van der Waals surface area contributed by atoms with Crippen LogP contribution in [0.5, 0.6) is 0 Å². The summed E-state index contributed by atoms with van der Waals surface area (Å²) in [6.07, 6.45) is 0. The van der Waals surface area contributed by atoms with E-state index in [2.05, 4.69) is 10.6 Å². The first kappa shape index (κ1) is 15.8. The zero-order valence-corrected chi connectivity index (χ0v) is 6.95. The Kier molecular flexibility index (Phi) is 27.6. The Morgan fingerprint density at radius 3 is 1.17 bits per heavy atom. The van der Waals surface area contributed by atoms with Gasteiger partial charge in [-0.05, 0) is 0 Å². The topological polar surface area (TPSA) is 0 Å². The number of rotatable bonds is 0. The average Bonchev–Trinajstić information content (AvgIpc) is 0.811. The van der Waals surface area contributed by atoms with Crippen molar-refractivity contribution >= 4 is 68.5 Å². The van der Waals surface area contributed by atoms with Crippen LogP contribution in [-0.2, 0) is 10.4 Å². The molecular formula is Cl2FeLi2S. The molecule has 0 N–H and O–H groups in total. The molecule has 0 fully saturated rings. The third-order valence-corrected chi connectivity index (χ3v) is 0. The molecule has 0 aliphatic rings. The fourth-order valence-electron chi connectivity index (χ4n) is 0. The van der Waals surface area contributed by atoms with E-state index >= 15 is 0 Å². The molecule has 0 aromatic heterocycles. The molecule has 0 unspecified atom stereocenters. The van der Waals surface area contributed by atoms with Crippen LogP contribution in [0, 0.1) is 0 Å². The minimum absolute atomic E-state index is 0. The second-order valence-electron chi connectivity index (χ2n) is 0.160. The summed E-state index contributed by atoms with van der Waals surface area (Å²) >= 11 is 0. The van der Waals surface area contributed by atoms with Crippen molar-refractivity contribution in [3.63, 3.8) is 0 Å². The van der Waals surface area contributed by atoms with Crippen LogP contribution >= 0.6 is 30.7 Å². The van der Waals surface area contributed by atoms with Gasteiger partial charge in [-0.25, -0.2) is 0 Å². The Hall–Kier alpha value is 2.51. The number of halogens is 2. The normalized spacial score (nSPS) is 7.33. The van der Waals surface area contributed by atoms with Gasteiger partial charge in [0.25, 0.3) is 0 Å². The molecule has 0 atom stereocenters. The molecule has 0 aromatic rings. The van der Waals surface area contributed by atoms with Crippen LogP contribution in [0.3, 0.4) is 0 Å². The third-order valence-electron chi connectivity index (χ3n) is 0. The van der Waals surface area contributed by atoms with Crippen LogP contribution in [0.25, 0.3) is 0 Å². The molecule has 0 aromatic carbocycles. The number of hydrogen-bond acceptors (Lipinski definition) is 1. The van der Waals surface area contributed by atoms with Gasteiger partial charge in [-0.2, -0.15) is 0 Å². The molecule has 0 bridgehead atoms.